The van der Waals surface area contributed by atoms with Crippen LogP contribution < -0.4 is 20.1 Å². The predicted octanol–water partition coefficient (Wildman–Crippen LogP) is 8.94. The monoisotopic (exact) mass is 664 g/mol. The Bertz CT molecular complexity index is 1540. The lowest BCUT2D eigenvalue weighted by molar-refractivity contribution is 0.0907. The van der Waals surface area contributed by atoms with E-state index in [-0.39, 0.29) is 35.4 Å². The molecule has 4 fully saturated rings. The van der Waals surface area contributed by atoms with Gasteiger partial charge in [0, 0.05) is 23.2 Å². The van der Waals surface area contributed by atoms with E-state index in [4.69, 9.17) is 9.47 Å². The van der Waals surface area contributed by atoms with Crippen molar-refractivity contribution < 1.29 is 36.6 Å². The molecular weight excluding hydrogens is 624 g/mol. The van der Waals surface area contributed by atoms with Gasteiger partial charge in [0.25, 0.3) is 11.8 Å². The number of rotatable bonds is 10. The summed E-state index contributed by atoms with van der Waals surface area (Å²) in [4.78, 5) is 25.7. The summed E-state index contributed by atoms with van der Waals surface area (Å²) in [7, 11) is 0. The second kappa shape index (κ2) is 13.1. The number of hydrogen-bond acceptors (Lipinski definition) is 4. The van der Waals surface area contributed by atoms with E-state index in [1.54, 1.807) is 0 Å². The molecule has 10 heteroatoms. The minimum Gasteiger partial charge on any atom is -0.451 e. The SMILES string of the molecule is C[C@H](NC(=O)c1ccc(Oc2c(F)c(F)c(Oc3ccc(C(=O)N[C@H](C)[C@H]4C[C@@H]5CC[C@@H]4C5)cc3)c(F)c2F)cc1)[C@@H]1C[C@@H]2CC[C@@H]1C2. The largest absolute Gasteiger partial charge is 0.451 e. The van der Waals surface area contributed by atoms with Crippen LogP contribution in [0.25, 0.3) is 0 Å². The zero-order chi connectivity index (χ0) is 33.7. The Labute approximate surface area is 277 Å². The molecule has 4 saturated carbocycles. The van der Waals surface area contributed by atoms with Gasteiger partial charge in [0.15, 0.2) is 0 Å². The van der Waals surface area contributed by atoms with E-state index in [9.17, 15) is 9.59 Å². The molecule has 0 aliphatic heterocycles. The van der Waals surface area contributed by atoms with Crippen molar-refractivity contribution in [3.05, 3.63) is 82.9 Å². The number of nitrogens with one attached hydrogen (secondary N) is 2. The third-order valence-corrected chi connectivity index (χ3v) is 11.4. The van der Waals surface area contributed by atoms with Crippen LogP contribution in [0.5, 0.6) is 23.0 Å². The summed E-state index contributed by atoms with van der Waals surface area (Å²) in [6.07, 6.45) is 9.65. The van der Waals surface area contributed by atoms with E-state index in [0.29, 0.717) is 34.8 Å². The highest BCUT2D eigenvalue weighted by molar-refractivity contribution is 5.95. The Morgan fingerprint density at radius 3 is 1.23 bits per heavy atom. The molecule has 8 atom stereocenters. The number of ether oxygens (including phenoxy) is 2. The van der Waals surface area contributed by atoms with E-state index in [2.05, 4.69) is 10.6 Å². The fourth-order valence-electron chi connectivity index (χ4n) is 8.96. The van der Waals surface area contributed by atoms with E-state index >= 15 is 17.6 Å². The van der Waals surface area contributed by atoms with E-state index in [1.807, 2.05) is 13.8 Å². The normalized spacial score (nSPS) is 26.7. The fraction of sp³-hybridized carbons (Fsp3) is 0.474. The summed E-state index contributed by atoms with van der Waals surface area (Å²) in [5, 5.41) is 6.10. The van der Waals surface area contributed by atoms with Crippen molar-refractivity contribution in [2.45, 2.75) is 77.3 Å². The molecule has 48 heavy (non-hydrogen) atoms. The van der Waals surface area contributed by atoms with Crippen molar-refractivity contribution in [2.24, 2.45) is 35.5 Å². The summed E-state index contributed by atoms with van der Waals surface area (Å²) in [6, 6.07) is 10.9. The Hall–Kier alpha value is -4.08. The van der Waals surface area contributed by atoms with Crippen LogP contribution in [0.2, 0.25) is 0 Å². The van der Waals surface area contributed by atoms with Crippen LogP contribution in [0.15, 0.2) is 48.5 Å². The standard InChI is InChI=1S/C38H40F4N2O4/c1-19(29-17-21-3-5-25(29)15-21)43-37(45)23-7-11-27(12-8-23)47-35-31(39)33(41)36(34(42)32(35)40)48-28-13-9-24(10-14-28)38(46)44-20(2)30-18-22-4-6-26(30)16-22/h7-14,19-22,25-26,29-30H,3-6,15-18H2,1-2H3,(H,43,45)(H,44,46)/t19-,20+,21-,22-,25-,26-,29-,30+/m1/s1. The third-order valence-electron chi connectivity index (χ3n) is 11.4. The molecule has 4 aliphatic rings. The highest BCUT2D eigenvalue weighted by atomic mass is 19.2. The molecule has 0 aromatic heterocycles. The zero-order valence-electron chi connectivity index (χ0n) is 27.0. The quantitative estimate of drug-likeness (QED) is 0.168. The van der Waals surface area contributed by atoms with Crippen molar-refractivity contribution >= 4 is 11.8 Å². The molecule has 2 amide bonds. The molecule has 6 nitrogen and oxygen atoms in total. The van der Waals surface area contributed by atoms with Crippen molar-refractivity contribution in [2.75, 3.05) is 0 Å². The number of carbonyl (C=O) groups excluding carboxylic acids is 2. The number of hydrogen-bond donors (Lipinski definition) is 2. The first kappa shape index (κ1) is 32.5. The van der Waals surface area contributed by atoms with Crippen molar-refractivity contribution in [1.82, 2.24) is 10.6 Å². The average Bonchev–Trinajstić information content (AvgIpc) is 3.92. The van der Waals surface area contributed by atoms with Crippen LogP contribution in [0, 0.1) is 58.8 Å². The minimum atomic E-state index is -1.78. The topological polar surface area (TPSA) is 76.7 Å². The lowest BCUT2D eigenvalue weighted by Crippen LogP contribution is -2.40. The van der Waals surface area contributed by atoms with Gasteiger partial charge >= 0.3 is 0 Å². The van der Waals surface area contributed by atoms with Gasteiger partial charge in [0.1, 0.15) is 11.5 Å². The van der Waals surface area contributed by atoms with Crippen LogP contribution in [-0.4, -0.2) is 23.9 Å². The number of fused-ring (bicyclic) bond motifs is 4. The first-order valence-corrected chi connectivity index (χ1v) is 17.1. The molecule has 0 unspecified atom stereocenters. The van der Waals surface area contributed by atoms with Crippen molar-refractivity contribution in [3.63, 3.8) is 0 Å². The van der Waals surface area contributed by atoms with Crippen LogP contribution in [-0.2, 0) is 0 Å². The van der Waals surface area contributed by atoms with Crippen LogP contribution >= 0.6 is 0 Å². The van der Waals surface area contributed by atoms with Crippen LogP contribution in [0.1, 0.15) is 85.9 Å². The van der Waals surface area contributed by atoms with Gasteiger partial charge in [-0.05, 0) is 136 Å². The first-order valence-electron chi connectivity index (χ1n) is 17.1. The Morgan fingerprint density at radius 1 is 0.583 bits per heavy atom. The van der Waals surface area contributed by atoms with Crippen molar-refractivity contribution in [3.8, 4) is 23.0 Å². The van der Waals surface area contributed by atoms with E-state index < -0.39 is 34.8 Å². The molecule has 0 radical (unpaired) electrons. The van der Waals surface area contributed by atoms with Crippen LogP contribution in [0.4, 0.5) is 17.6 Å². The molecule has 0 heterocycles. The highest BCUT2D eigenvalue weighted by Crippen LogP contribution is 2.50. The molecule has 2 N–H and O–H groups in total. The Balaban J connectivity index is 0.976. The number of halogens is 4. The minimum absolute atomic E-state index is 0.0150. The molecule has 0 spiro atoms. The zero-order valence-corrected chi connectivity index (χ0v) is 27.0. The molecule has 4 bridgehead atoms. The molecule has 7 rings (SSSR count). The highest BCUT2D eigenvalue weighted by Gasteiger charge is 2.43. The second-order valence-corrected chi connectivity index (χ2v) is 14.4. The van der Waals surface area contributed by atoms with Gasteiger partial charge < -0.3 is 20.1 Å². The van der Waals surface area contributed by atoms with E-state index in [1.165, 1.54) is 87.1 Å². The molecule has 0 saturated heterocycles. The van der Waals surface area contributed by atoms with Gasteiger partial charge in [-0.15, -0.1) is 0 Å². The van der Waals surface area contributed by atoms with Gasteiger partial charge in [0.2, 0.25) is 34.8 Å². The number of carbonyl (C=O) groups is 2. The summed E-state index contributed by atoms with van der Waals surface area (Å²) >= 11 is 0. The maximum absolute atomic E-state index is 15.0. The lowest BCUT2D eigenvalue weighted by Gasteiger charge is -2.28. The van der Waals surface area contributed by atoms with Gasteiger partial charge in [-0.3, -0.25) is 9.59 Å². The number of amides is 2. The maximum atomic E-state index is 15.0. The maximum Gasteiger partial charge on any atom is 0.251 e. The van der Waals surface area contributed by atoms with Gasteiger partial charge in [-0.2, -0.15) is 17.6 Å². The number of benzene rings is 3. The summed E-state index contributed by atoms with van der Waals surface area (Å²) in [6.45, 7) is 4.02. The molecule has 3 aromatic carbocycles. The van der Waals surface area contributed by atoms with Crippen molar-refractivity contribution in [1.29, 1.82) is 0 Å². The molecular formula is C38H40F4N2O4. The fourth-order valence-corrected chi connectivity index (χ4v) is 8.96. The van der Waals surface area contributed by atoms with Gasteiger partial charge in [0.05, 0.1) is 0 Å². The second-order valence-electron chi connectivity index (χ2n) is 14.4. The molecule has 254 valence electrons. The smallest absolute Gasteiger partial charge is 0.251 e. The Kier molecular flexibility index (Phi) is 8.85. The van der Waals surface area contributed by atoms with Gasteiger partial charge in [-0.1, -0.05) is 12.8 Å². The van der Waals surface area contributed by atoms with Gasteiger partial charge in [-0.25, -0.2) is 0 Å². The lowest BCUT2D eigenvalue weighted by atomic mass is 9.84. The predicted molar refractivity (Wildman–Crippen MR) is 171 cm³/mol. The third kappa shape index (κ3) is 6.26. The summed E-state index contributed by atoms with van der Waals surface area (Å²) < 4.78 is 70.5. The van der Waals surface area contributed by atoms with E-state index in [0.717, 1.165) is 24.7 Å². The average molecular weight is 665 g/mol. The Morgan fingerprint density at radius 2 is 0.938 bits per heavy atom. The van der Waals surface area contributed by atoms with Crippen LogP contribution in [0.3, 0.4) is 0 Å². The first-order chi connectivity index (χ1) is 23.0. The summed E-state index contributed by atoms with van der Waals surface area (Å²) in [5.74, 6) is -6.81. The molecule has 4 aliphatic carbocycles. The summed E-state index contributed by atoms with van der Waals surface area (Å²) in [5.41, 5.74) is 0.635. The molecule has 3 aromatic rings.